The summed E-state index contributed by atoms with van der Waals surface area (Å²) in [4.78, 5) is 26.7. The molecule has 1 N–H and O–H groups in total. The van der Waals surface area contributed by atoms with Gasteiger partial charge in [0.05, 0.1) is 28.7 Å². The largest absolute Gasteiger partial charge is 0.481 e. The molecule has 6 nitrogen and oxygen atoms in total. The van der Waals surface area contributed by atoms with Crippen molar-refractivity contribution in [2.24, 2.45) is 0 Å². The summed E-state index contributed by atoms with van der Waals surface area (Å²) in [6, 6.07) is 3.57. The van der Waals surface area contributed by atoms with Crippen LogP contribution in [0.2, 0.25) is 10.0 Å². The second kappa shape index (κ2) is 6.69. The number of hydrogen-bond donors (Lipinski definition) is 1. The highest BCUT2D eigenvalue weighted by Crippen LogP contribution is 2.40. The molecule has 0 saturated heterocycles. The Kier molecular flexibility index (Phi) is 4.48. The van der Waals surface area contributed by atoms with Crippen LogP contribution < -0.4 is 4.74 Å². The van der Waals surface area contributed by atoms with Gasteiger partial charge in [0.25, 0.3) is 5.91 Å². The minimum Gasteiger partial charge on any atom is -0.481 e. The molecule has 0 radical (unpaired) electrons. The van der Waals surface area contributed by atoms with Crippen molar-refractivity contribution in [3.05, 3.63) is 51.0 Å². The number of benzene rings is 1. The highest BCUT2D eigenvalue weighted by Gasteiger charge is 2.33. The smallest absolute Gasteiger partial charge is 0.292 e. The number of hydrogen-bond acceptors (Lipinski definition) is 4. The number of fused-ring (bicyclic) bond motifs is 3. The number of carbonyl (C=O) groups is 1. The predicted octanol–water partition coefficient (Wildman–Crippen LogP) is 4.34. The molecule has 1 aliphatic heterocycles. The number of nitrogens with one attached hydrogen (secondary N) is 1. The van der Waals surface area contributed by atoms with Gasteiger partial charge in [-0.1, -0.05) is 29.3 Å². The molecule has 27 heavy (non-hydrogen) atoms. The van der Waals surface area contributed by atoms with Gasteiger partial charge in [0.1, 0.15) is 0 Å². The monoisotopic (exact) mass is 404 g/mol. The molecular weight excluding hydrogens is 387 g/mol. The fraction of sp³-hybridized carbons (Fsp3) is 0.316. The van der Waals surface area contributed by atoms with E-state index in [-0.39, 0.29) is 17.8 Å². The lowest BCUT2D eigenvalue weighted by molar-refractivity contribution is 0.0664. The number of nitrogens with zero attached hydrogens (tertiary/aromatic N) is 3. The Bertz CT molecular complexity index is 1060. The van der Waals surface area contributed by atoms with Gasteiger partial charge in [0.15, 0.2) is 0 Å². The fourth-order valence-corrected chi connectivity index (χ4v) is 4.05. The standard InChI is InChI=1S/C19H18Cl2N4O2/c1-9-8-22-17(24-18(9)27-3)19(26)25-7-6-13-14(10(25)2)11-4-5-12(20)15(21)16(11)23-13/h4-5,8,10,23H,6-7H2,1-3H3. The molecule has 4 rings (SSSR count). The lowest BCUT2D eigenvalue weighted by atomic mass is 9.97. The van der Waals surface area contributed by atoms with E-state index in [1.165, 1.54) is 7.11 Å². The maximum atomic E-state index is 13.1. The van der Waals surface area contributed by atoms with Gasteiger partial charge < -0.3 is 14.6 Å². The molecule has 8 heteroatoms. The molecule has 0 fully saturated rings. The van der Waals surface area contributed by atoms with E-state index in [1.54, 1.807) is 17.2 Å². The first-order chi connectivity index (χ1) is 12.9. The van der Waals surface area contributed by atoms with Crippen LogP contribution in [-0.2, 0) is 6.42 Å². The minimum atomic E-state index is -0.221. The summed E-state index contributed by atoms with van der Waals surface area (Å²) in [5, 5.41) is 1.98. The molecule has 2 aromatic heterocycles. The third-order valence-corrected chi connectivity index (χ3v) is 5.85. The summed E-state index contributed by atoms with van der Waals surface area (Å²) in [7, 11) is 1.53. The number of aryl methyl sites for hydroxylation is 1. The van der Waals surface area contributed by atoms with Gasteiger partial charge in [-0.25, -0.2) is 4.98 Å². The van der Waals surface area contributed by atoms with Crippen LogP contribution in [0.5, 0.6) is 5.88 Å². The molecule has 140 valence electrons. The number of amides is 1. The lowest BCUT2D eigenvalue weighted by Crippen LogP contribution is -2.39. The maximum Gasteiger partial charge on any atom is 0.292 e. The van der Waals surface area contributed by atoms with Crippen molar-refractivity contribution in [1.29, 1.82) is 0 Å². The van der Waals surface area contributed by atoms with Gasteiger partial charge in [-0.15, -0.1) is 0 Å². The van der Waals surface area contributed by atoms with E-state index < -0.39 is 0 Å². The first-order valence-electron chi connectivity index (χ1n) is 8.59. The zero-order chi connectivity index (χ0) is 19.3. The first kappa shape index (κ1) is 18.1. The summed E-state index contributed by atoms with van der Waals surface area (Å²) >= 11 is 12.5. The van der Waals surface area contributed by atoms with Gasteiger partial charge in [0.2, 0.25) is 11.7 Å². The van der Waals surface area contributed by atoms with Gasteiger partial charge >= 0.3 is 0 Å². The fourth-order valence-electron chi connectivity index (χ4n) is 3.68. The van der Waals surface area contributed by atoms with Crippen LogP contribution in [0.3, 0.4) is 0 Å². The van der Waals surface area contributed by atoms with E-state index in [0.717, 1.165) is 27.7 Å². The summed E-state index contributed by atoms with van der Waals surface area (Å²) in [6.07, 6.45) is 2.30. The number of ether oxygens (including phenoxy) is 1. The molecule has 3 heterocycles. The molecule has 0 bridgehead atoms. The Hall–Kier alpha value is -2.31. The number of H-pyrrole nitrogens is 1. The van der Waals surface area contributed by atoms with Crippen molar-refractivity contribution in [2.45, 2.75) is 26.3 Å². The first-order valence-corrected chi connectivity index (χ1v) is 9.35. The third kappa shape index (κ3) is 2.84. The SMILES string of the molecule is COc1nc(C(=O)N2CCc3[nH]c4c(Cl)c(Cl)ccc4c3C2C)ncc1C. The quantitative estimate of drug-likeness (QED) is 0.689. The van der Waals surface area contributed by atoms with E-state index in [2.05, 4.69) is 15.0 Å². The highest BCUT2D eigenvalue weighted by atomic mass is 35.5. The normalized spacial score (nSPS) is 16.5. The molecule has 0 saturated carbocycles. The van der Waals surface area contributed by atoms with Crippen LogP contribution in [0.25, 0.3) is 10.9 Å². The van der Waals surface area contributed by atoms with Crippen LogP contribution in [-0.4, -0.2) is 39.4 Å². The van der Waals surface area contributed by atoms with E-state index in [1.807, 2.05) is 19.9 Å². The molecule has 1 amide bonds. The number of carbonyl (C=O) groups excluding carboxylic acids is 1. The molecule has 0 spiro atoms. The predicted molar refractivity (Wildman–Crippen MR) is 105 cm³/mol. The average Bonchev–Trinajstić information content (AvgIpc) is 3.05. The summed E-state index contributed by atoms with van der Waals surface area (Å²) in [5.74, 6) is 0.321. The Morgan fingerprint density at radius 1 is 1.37 bits per heavy atom. The van der Waals surface area contributed by atoms with Crippen LogP contribution >= 0.6 is 23.2 Å². The maximum absolute atomic E-state index is 13.1. The topological polar surface area (TPSA) is 71.1 Å². The second-order valence-corrected chi connectivity index (χ2v) is 7.40. The average molecular weight is 405 g/mol. The van der Waals surface area contributed by atoms with E-state index in [4.69, 9.17) is 27.9 Å². The van der Waals surface area contributed by atoms with Crippen molar-refractivity contribution >= 4 is 40.0 Å². The molecule has 1 unspecified atom stereocenters. The van der Waals surface area contributed by atoms with E-state index >= 15 is 0 Å². The Balaban J connectivity index is 1.74. The van der Waals surface area contributed by atoms with Gasteiger partial charge in [-0.2, -0.15) is 4.98 Å². The van der Waals surface area contributed by atoms with Gasteiger partial charge in [0, 0.05) is 41.4 Å². The molecular formula is C19H18Cl2N4O2. The molecule has 1 aromatic carbocycles. The summed E-state index contributed by atoms with van der Waals surface area (Å²) in [5.41, 5.74) is 3.73. The Morgan fingerprint density at radius 2 is 2.15 bits per heavy atom. The number of halogens is 2. The van der Waals surface area contributed by atoms with Crippen molar-refractivity contribution in [1.82, 2.24) is 19.9 Å². The number of aromatic amines is 1. The minimum absolute atomic E-state index is 0.133. The Morgan fingerprint density at radius 3 is 2.89 bits per heavy atom. The summed E-state index contributed by atoms with van der Waals surface area (Å²) in [6.45, 7) is 4.39. The van der Waals surface area contributed by atoms with Gasteiger partial charge in [-0.05, 0) is 19.9 Å². The molecule has 3 aromatic rings. The lowest BCUT2D eigenvalue weighted by Gasteiger charge is -2.33. The summed E-state index contributed by atoms with van der Waals surface area (Å²) < 4.78 is 5.22. The second-order valence-electron chi connectivity index (χ2n) is 6.61. The van der Waals surface area contributed by atoms with E-state index in [0.29, 0.717) is 28.9 Å². The van der Waals surface area contributed by atoms with Crippen LogP contribution in [0.15, 0.2) is 18.3 Å². The highest BCUT2D eigenvalue weighted by molar-refractivity contribution is 6.45. The number of aromatic nitrogens is 3. The molecule has 1 aliphatic rings. The van der Waals surface area contributed by atoms with Crippen molar-refractivity contribution in [2.75, 3.05) is 13.7 Å². The van der Waals surface area contributed by atoms with Crippen LogP contribution in [0.1, 0.15) is 40.4 Å². The van der Waals surface area contributed by atoms with Crippen molar-refractivity contribution < 1.29 is 9.53 Å². The van der Waals surface area contributed by atoms with Gasteiger partial charge in [-0.3, -0.25) is 4.79 Å². The van der Waals surface area contributed by atoms with Crippen LogP contribution in [0.4, 0.5) is 0 Å². The van der Waals surface area contributed by atoms with Crippen molar-refractivity contribution in [3.63, 3.8) is 0 Å². The van der Waals surface area contributed by atoms with Crippen molar-refractivity contribution in [3.8, 4) is 5.88 Å². The van der Waals surface area contributed by atoms with E-state index in [9.17, 15) is 4.79 Å². The Labute approximate surface area is 166 Å². The number of methoxy groups -OCH3 is 1. The zero-order valence-corrected chi connectivity index (χ0v) is 16.6. The number of rotatable bonds is 2. The zero-order valence-electron chi connectivity index (χ0n) is 15.1. The van der Waals surface area contributed by atoms with Crippen LogP contribution in [0, 0.1) is 6.92 Å². The molecule has 1 atom stereocenters. The third-order valence-electron chi connectivity index (χ3n) is 5.04. The molecule has 0 aliphatic carbocycles.